The summed E-state index contributed by atoms with van der Waals surface area (Å²) in [6.45, 7) is 0. The van der Waals surface area contributed by atoms with E-state index in [9.17, 15) is 17.9 Å². The Kier molecular flexibility index (Phi) is 7.52. The predicted octanol–water partition coefficient (Wildman–Crippen LogP) is 4.54. The molecule has 10 heteroatoms. The standard InChI is InChI=1S/C24H24FNO7S/c1-30-20-12-15(5-6-16-13-21(31-2)24(33-4)22(14-16)32-3)11-19(23(20)27)26-34(28,29)18-9-7-17(25)8-10-18/h5-14,26-27H,1-4H3. The second kappa shape index (κ2) is 10.3. The van der Waals surface area contributed by atoms with Gasteiger partial charge >= 0.3 is 0 Å². The lowest BCUT2D eigenvalue weighted by Crippen LogP contribution is -2.13. The summed E-state index contributed by atoms with van der Waals surface area (Å²) in [6, 6.07) is 10.8. The summed E-state index contributed by atoms with van der Waals surface area (Å²) in [4.78, 5) is -0.161. The molecule has 34 heavy (non-hydrogen) atoms. The van der Waals surface area contributed by atoms with Crippen LogP contribution in [0.2, 0.25) is 0 Å². The zero-order valence-corrected chi connectivity index (χ0v) is 19.8. The highest BCUT2D eigenvalue weighted by molar-refractivity contribution is 7.92. The van der Waals surface area contributed by atoms with Crippen LogP contribution in [0, 0.1) is 5.82 Å². The highest BCUT2D eigenvalue weighted by atomic mass is 32.2. The Morgan fingerprint density at radius 3 is 1.79 bits per heavy atom. The van der Waals surface area contributed by atoms with Gasteiger partial charge in [0.1, 0.15) is 5.82 Å². The Balaban J connectivity index is 1.99. The van der Waals surface area contributed by atoms with E-state index in [-0.39, 0.29) is 16.3 Å². The lowest BCUT2D eigenvalue weighted by Gasteiger charge is -2.14. The third-order valence-electron chi connectivity index (χ3n) is 4.84. The van der Waals surface area contributed by atoms with Gasteiger partial charge in [0, 0.05) is 0 Å². The SMILES string of the molecule is COc1cc(C=Cc2cc(OC)c(OC)c(OC)c2)cc(NS(=O)(=O)c2ccc(F)cc2)c1O. The molecule has 0 amide bonds. The molecule has 0 radical (unpaired) electrons. The van der Waals surface area contributed by atoms with Gasteiger partial charge in [-0.1, -0.05) is 12.2 Å². The van der Waals surface area contributed by atoms with Crippen LogP contribution in [-0.2, 0) is 10.0 Å². The van der Waals surface area contributed by atoms with Crippen LogP contribution in [0.5, 0.6) is 28.7 Å². The largest absolute Gasteiger partial charge is 0.503 e. The van der Waals surface area contributed by atoms with Gasteiger partial charge in [0.2, 0.25) is 5.75 Å². The fraction of sp³-hybridized carbons (Fsp3) is 0.167. The van der Waals surface area contributed by atoms with E-state index in [1.807, 2.05) is 0 Å². The number of ether oxygens (including phenoxy) is 4. The van der Waals surface area contributed by atoms with Crippen LogP contribution in [0.25, 0.3) is 12.2 Å². The van der Waals surface area contributed by atoms with E-state index < -0.39 is 21.6 Å². The van der Waals surface area contributed by atoms with Crippen molar-refractivity contribution in [1.82, 2.24) is 0 Å². The fourth-order valence-corrected chi connectivity index (χ4v) is 4.22. The average molecular weight is 490 g/mol. The first-order valence-electron chi connectivity index (χ1n) is 9.90. The van der Waals surface area contributed by atoms with E-state index >= 15 is 0 Å². The maximum absolute atomic E-state index is 13.2. The first-order chi connectivity index (χ1) is 16.2. The summed E-state index contributed by atoms with van der Waals surface area (Å²) in [6.07, 6.45) is 3.44. The molecule has 0 unspecified atom stereocenters. The molecule has 2 N–H and O–H groups in total. The molecule has 0 saturated heterocycles. The first kappa shape index (κ1) is 24.7. The Labute approximate surface area is 197 Å². The number of sulfonamides is 1. The number of nitrogens with one attached hydrogen (secondary N) is 1. The van der Waals surface area contributed by atoms with E-state index in [1.165, 1.54) is 34.5 Å². The van der Waals surface area contributed by atoms with Crippen molar-refractivity contribution in [2.45, 2.75) is 4.90 Å². The molecule has 0 atom stereocenters. The van der Waals surface area contributed by atoms with Gasteiger partial charge in [-0.3, -0.25) is 4.72 Å². The minimum Gasteiger partial charge on any atom is -0.503 e. The third kappa shape index (κ3) is 5.34. The number of halogens is 1. The molecule has 0 aliphatic heterocycles. The smallest absolute Gasteiger partial charge is 0.262 e. The summed E-state index contributed by atoms with van der Waals surface area (Å²) >= 11 is 0. The van der Waals surface area contributed by atoms with Gasteiger partial charge in [-0.25, -0.2) is 12.8 Å². The Bertz CT molecular complexity index is 1280. The Hall–Kier alpha value is -3.92. The quantitative estimate of drug-likeness (QED) is 0.336. The monoisotopic (exact) mass is 489 g/mol. The molecule has 0 heterocycles. The third-order valence-corrected chi connectivity index (χ3v) is 6.22. The lowest BCUT2D eigenvalue weighted by molar-refractivity contribution is 0.324. The molecular formula is C24H24FNO7S. The molecule has 0 saturated carbocycles. The van der Waals surface area contributed by atoms with Crippen LogP contribution in [-0.4, -0.2) is 42.0 Å². The van der Waals surface area contributed by atoms with Crippen molar-refractivity contribution < 1.29 is 36.9 Å². The first-order valence-corrected chi connectivity index (χ1v) is 11.4. The van der Waals surface area contributed by atoms with Gasteiger partial charge in [-0.2, -0.15) is 0 Å². The van der Waals surface area contributed by atoms with Gasteiger partial charge in [0.25, 0.3) is 10.0 Å². The van der Waals surface area contributed by atoms with E-state index in [0.717, 1.165) is 29.8 Å². The van der Waals surface area contributed by atoms with Gasteiger partial charge in [-0.05, 0) is 59.7 Å². The molecule has 0 aliphatic carbocycles. The number of phenols is 1. The molecule has 0 spiro atoms. The van der Waals surface area contributed by atoms with Crippen molar-refractivity contribution in [3.8, 4) is 28.7 Å². The highest BCUT2D eigenvalue weighted by Crippen LogP contribution is 2.40. The van der Waals surface area contributed by atoms with Gasteiger partial charge in [0.05, 0.1) is 39.0 Å². The van der Waals surface area contributed by atoms with Crippen molar-refractivity contribution in [2.75, 3.05) is 33.2 Å². The number of rotatable bonds is 9. The van der Waals surface area contributed by atoms with E-state index in [1.54, 1.807) is 30.4 Å². The molecule has 3 aromatic rings. The van der Waals surface area contributed by atoms with E-state index in [2.05, 4.69) is 4.72 Å². The van der Waals surface area contributed by atoms with Crippen LogP contribution < -0.4 is 23.7 Å². The zero-order valence-electron chi connectivity index (χ0n) is 19.0. The number of hydrogen-bond donors (Lipinski definition) is 2. The van der Waals surface area contributed by atoms with Crippen LogP contribution in [0.1, 0.15) is 11.1 Å². The molecule has 0 aliphatic rings. The molecule has 0 bridgehead atoms. The molecule has 0 fully saturated rings. The summed E-state index contributed by atoms with van der Waals surface area (Å²) < 4.78 is 62.1. The Morgan fingerprint density at radius 1 is 0.794 bits per heavy atom. The predicted molar refractivity (Wildman–Crippen MR) is 127 cm³/mol. The molecule has 180 valence electrons. The van der Waals surface area contributed by atoms with Crippen molar-refractivity contribution in [3.63, 3.8) is 0 Å². The topological polar surface area (TPSA) is 103 Å². The summed E-state index contributed by atoms with van der Waals surface area (Å²) in [5, 5.41) is 10.5. The number of benzene rings is 3. The summed E-state index contributed by atoms with van der Waals surface area (Å²) in [5.41, 5.74) is 1.14. The molecule has 0 aromatic heterocycles. The second-order valence-corrected chi connectivity index (χ2v) is 8.65. The fourth-order valence-electron chi connectivity index (χ4n) is 3.17. The van der Waals surface area contributed by atoms with E-state index in [4.69, 9.17) is 18.9 Å². The van der Waals surface area contributed by atoms with E-state index in [0.29, 0.717) is 22.8 Å². The normalized spacial score (nSPS) is 11.3. The van der Waals surface area contributed by atoms with Crippen LogP contribution in [0.3, 0.4) is 0 Å². The Morgan fingerprint density at radius 2 is 1.29 bits per heavy atom. The molecule has 8 nitrogen and oxygen atoms in total. The van der Waals surface area contributed by atoms with Crippen LogP contribution in [0.15, 0.2) is 53.4 Å². The molecule has 3 aromatic carbocycles. The summed E-state index contributed by atoms with van der Waals surface area (Å²) in [7, 11) is 1.78. The highest BCUT2D eigenvalue weighted by Gasteiger charge is 2.19. The average Bonchev–Trinajstić information content (AvgIpc) is 2.83. The number of phenolic OH excluding ortho intramolecular Hbond substituents is 1. The zero-order chi connectivity index (χ0) is 24.9. The summed E-state index contributed by atoms with van der Waals surface area (Å²) in [5.74, 6) is 0.491. The lowest BCUT2D eigenvalue weighted by atomic mass is 10.1. The maximum Gasteiger partial charge on any atom is 0.262 e. The maximum atomic E-state index is 13.2. The number of aromatic hydroxyl groups is 1. The van der Waals surface area contributed by atoms with Crippen LogP contribution >= 0.6 is 0 Å². The van der Waals surface area contributed by atoms with Crippen molar-refractivity contribution in [1.29, 1.82) is 0 Å². The number of anilines is 1. The number of methoxy groups -OCH3 is 4. The number of hydrogen-bond acceptors (Lipinski definition) is 7. The van der Waals surface area contributed by atoms with Gasteiger partial charge in [0.15, 0.2) is 23.0 Å². The van der Waals surface area contributed by atoms with Gasteiger partial charge < -0.3 is 24.1 Å². The minimum atomic E-state index is -4.09. The minimum absolute atomic E-state index is 0.0591. The van der Waals surface area contributed by atoms with Crippen molar-refractivity contribution in [2.24, 2.45) is 0 Å². The van der Waals surface area contributed by atoms with Crippen molar-refractivity contribution >= 4 is 27.9 Å². The molecule has 3 rings (SSSR count). The van der Waals surface area contributed by atoms with Crippen molar-refractivity contribution in [3.05, 3.63) is 65.5 Å². The van der Waals surface area contributed by atoms with Crippen LogP contribution in [0.4, 0.5) is 10.1 Å². The molecular weight excluding hydrogens is 465 g/mol. The van der Waals surface area contributed by atoms with Gasteiger partial charge in [-0.15, -0.1) is 0 Å². The second-order valence-electron chi connectivity index (χ2n) is 6.97.